The number of carbonyl (C=O) groups excluding carboxylic acids is 3. The predicted octanol–water partition coefficient (Wildman–Crippen LogP) is 3.32. The van der Waals surface area contributed by atoms with Crippen molar-refractivity contribution in [3.63, 3.8) is 0 Å². The highest BCUT2D eigenvalue weighted by Gasteiger charge is 2.30. The van der Waals surface area contributed by atoms with Crippen molar-refractivity contribution in [2.75, 3.05) is 6.54 Å². The molecule has 1 atom stereocenters. The van der Waals surface area contributed by atoms with Crippen molar-refractivity contribution in [2.24, 2.45) is 4.99 Å². The molecule has 8 heteroatoms. The van der Waals surface area contributed by atoms with Crippen LogP contribution in [-0.4, -0.2) is 40.5 Å². The van der Waals surface area contributed by atoms with Crippen molar-refractivity contribution in [1.29, 1.82) is 0 Å². The SMILES string of the molecule is O=C1CCC(c2cccc(-c3ccc(CN4CCC=NC4=O)nc3)c2Cl)C(=O)N1. The molecule has 0 spiro atoms. The van der Waals surface area contributed by atoms with E-state index >= 15 is 0 Å². The average molecular weight is 411 g/mol. The molecule has 2 aliphatic heterocycles. The minimum absolute atomic E-state index is 0.248. The fraction of sp³-hybridized carbons (Fsp3) is 0.286. The van der Waals surface area contributed by atoms with Gasteiger partial charge in [0.25, 0.3) is 0 Å². The number of nitrogens with one attached hydrogen (secondary N) is 1. The summed E-state index contributed by atoms with van der Waals surface area (Å²) in [7, 11) is 0. The van der Waals surface area contributed by atoms with Crippen LogP contribution in [0.1, 0.15) is 36.4 Å². The van der Waals surface area contributed by atoms with E-state index in [1.165, 1.54) is 0 Å². The first-order chi connectivity index (χ1) is 14.0. The van der Waals surface area contributed by atoms with Crippen LogP contribution < -0.4 is 5.32 Å². The van der Waals surface area contributed by atoms with Gasteiger partial charge in [0.15, 0.2) is 0 Å². The monoisotopic (exact) mass is 410 g/mol. The Kier molecular flexibility index (Phi) is 5.40. The lowest BCUT2D eigenvalue weighted by Gasteiger charge is -2.23. The summed E-state index contributed by atoms with van der Waals surface area (Å²) in [6.07, 6.45) is 4.83. The second-order valence-corrected chi connectivity index (χ2v) is 7.43. The number of carbonyl (C=O) groups is 3. The van der Waals surface area contributed by atoms with Gasteiger partial charge >= 0.3 is 6.03 Å². The number of pyridine rings is 1. The Morgan fingerprint density at radius 3 is 2.76 bits per heavy atom. The quantitative estimate of drug-likeness (QED) is 0.782. The Labute approximate surface area is 172 Å². The van der Waals surface area contributed by atoms with Crippen LogP contribution in [0.2, 0.25) is 5.02 Å². The molecular formula is C21H19ClN4O3. The Hall–Kier alpha value is -3.06. The minimum atomic E-state index is -0.446. The standard InChI is InChI=1S/C21H19ClN4O3/c22-19-15(3-1-4-16(19)17-7-8-18(27)25-20(17)28)13-5-6-14(24-11-13)12-26-10-2-9-23-21(26)29/h1,3-6,9,11,17H,2,7-8,10,12H2,(H,25,27,28). The van der Waals surface area contributed by atoms with E-state index in [-0.39, 0.29) is 17.8 Å². The molecule has 148 valence electrons. The molecule has 4 amide bonds. The summed E-state index contributed by atoms with van der Waals surface area (Å²) in [6.45, 7) is 1.03. The fourth-order valence-corrected chi connectivity index (χ4v) is 3.95. The minimum Gasteiger partial charge on any atom is -0.317 e. The number of aliphatic imine (C=N–C) groups is 1. The summed E-state index contributed by atoms with van der Waals surface area (Å²) in [5.74, 6) is -1.02. The smallest absolute Gasteiger partial charge is 0.317 e. The van der Waals surface area contributed by atoms with Gasteiger partial charge in [-0.3, -0.25) is 19.9 Å². The highest BCUT2D eigenvalue weighted by Crippen LogP contribution is 2.37. The maximum Gasteiger partial charge on any atom is 0.343 e. The molecule has 1 saturated heterocycles. The van der Waals surface area contributed by atoms with Crippen LogP contribution in [0.15, 0.2) is 41.5 Å². The van der Waals surface area contributed by atoms with E-state index in [0.717, 1.165) is 23.2 Å². The third-order valence-electron chi connectivity index (χ3n) is 5.13. The zero-order chi connectivity index (χ0) is 20.4. The Morgan fingerprint density at radius 2 is 2.03 bits per heavy atom. The number of amides is 4. The van der Waals surface area contributed by atoms with Gasteiger partial charge in [-0.05, 0) is 18.1 Å². The molecule has 29 heavy (non-hydrogen) atoms. The van der Waals surface area contributed by atoms with Crippen molar-refractivity contribution in [1.82, 2.24) is 15.2 Å². The second kappa shape index (κ2) is 8.13. The number of hydrogen-bond donors (Lipinski definition) is 1. The summed E-state index contributed by atoms with van der Waals surface area (Å²) >= 11 is 6.63. The summed E-state index contributed by atoms with van der Waals surface area (Å²) in [5, 5.41) is 2.86. The highest BCUT2D eigenvalue weighted by molar-refractivity contribution is 6.34. The number of benzene rings is 1. The number of rotatable bonds is 4. The Balaban J connectivity index is 1.56. The van der Waals surface area contributed by atoms with Gasteiger partial charge in [-0.1, -0.05) is 35.9 Å². The van der Waals surface area contributed by atoms with Gasteiger partial charge in [0.1, 0.15) is 0 Å². The molecule has 4 rings (SSSR count). The van der Waals surface area contributed by atoms with Crippen LogP contribution >= 0.6 is 11.6 Å². The van der Waals surface area contributed by atoms with E-state index in [1.54, 1.807) is 17.3 Å². The summed E-state index contributed by atoms with van der Waals surface area (Å²) in [5.41, 5.74) is 3.05. The lowest BCUT2D eigenvalue weighted by molar-refractivity contribution is -0.134. The molecule has 0 aliphatic carbocycles. The average Bonchev–Trinajstić information content (AvgIpc) is 2.71. The van der Waals surface area contributed by atoms with Crippen molar-refractivity contribution in [2.45, 2.75) is 31.7 Å². The van der Waals surface area contributed by atoms with E-state index in [4.69, 9.17) is 11.6 Å². The molecule has 3 heterocycles. The molecule has 7 nitrogen and oxygen atoms in total. The summed E-state index contributed by atoms with van der Waals surface area (Å²) in [4.78, 5) is 45.4. The molecule has 0 saturated carbocycles. The highest BCUT2D eigenvalue weighted by atomic mass is 35.5. The number of aromatic nitrogens is 1. The van der Waals surface area contributed by atoms with Gasteiger partial charge < -0.3 is 4.90 Å². The van der Waals surface area contributed by atoms with Gasteiger partial charge in [0.05, 0.1) is 23.2 Å². The number of imide groups is 1. The summed E-state index contributed by atoms with van der Waals surface area (Å²) < 4.78 is 0. The van der Waals surface area contributed by atoms with Crippen molar-refractivity contribution >= 4 is 35.7 Å². The number of hydrogen-bond acceptors (Lipinski definition) is 4. The third kappa shape index (κ3) is 4.05. The first-order valence-electron chi connectivity index (χ1n) is 9.42. The van der Waals surface area contributed by atoms with E-state index in [1.807, 2.05) is 30.3 Å². The molecule has 1 aromatic heterocycles. The zero-order valence-corrected chi connectivity index (χ0v) is 16.4. The Morgan fingerprint density at radius 1 is 1.17 bits per heavy atom. The van der Waals surface area contributed by atoms with Crippen molar-refractivity contribution in [3.8, 4) is 11.1 Å². The second-order valence-electron chi connectivity index (χ2n) is 7.06. The van der Waals surface area contributed by atoms with Gasteiger partial charge in [-0.2, -0.15) is 0 Å². The maximum absolute atomic E-state index is 12.2. The molecule has 0 bridgehead atoms. The third-order valence-corrected chi connectivity index (χ3v) is 5.55. The van der Waals surface area contributed by atoms with Crippen LogP contribution in [0.25, 0.3) is 11.1 Å². The van der Waals surface area contributed by atoms with Crippen molar-refractivity contribution in [3.05, 3.63) is 52.8 Å². The van der Waals surface area contributed by atoms with Crippen LogP contribution in [0.4, 0.5) is 4.79 Å². The van der Waals surface area contributed by atoms with Gasteiger partial charge in [-0.25, -0.2) is 9.79 Å². The summed E-state index contributed by atoms with van der Waals surface area (Å²) in [6, 6.07) is 9.04. The lowest BCUT2D eigenvalue weighted by atomic mass is 9.88. The van der Waals surface area contributed by atoms with E-state index < -0.39 is 5.92 Å². The molecule has 0 radical (unpaired) electrons. The van der Waals surface area contributed by atoms with Crippen LogP contribution in [0.3, 0.4) is 0 Å². The molecule has 2 aromatic rings. The Bertz CT molecular complexity index is 1000. The van der Waals surface area contributed by atoms with Gasteiger partial charge in [0, 0.05) is 42.9 Å². The molecule has 1 N–H and O–H groups in total. The number of piperidine rings is 1. The predicted molar refractivity (Wildman–Crippen MR) is 109 cm³/mol. The van der Waals surface area contributed by atoms with Crippen LogP contribution in [0, 0.1) is 0 Å². The molecule has 1 unspecified atom stereocenters. The first kappa shape index (κ1) is 19.3. The van der Waals surface area contributed by atoms with Gasteiger partial charge in [0.2, 0.25) is 11.8 Å². The van der Waals surface area contributed by atoms with E-state index in [0.29, 0.717) is 36.5 Å². The lowest BCUT2D eigenvalue weighted by Crippen LogP contribution is -2.39. The first-order valence-corrected chi connectivity index (χ1v) is 9.79. The van der Waals surface area contributed by atoms with Crippen molar-refractivity contribution < 1.29 is 14.4 Å². The topological polar surface area (TPSA) is 91.7 Å². The fourth-order valence-electron chi connectivity index (χ4n) is 3.59. The van der Waals surface area contributed by atoms with Crippen LogP contribution in [-0.2, 0) is 16.1 Å². The zero-order valence-electron chi connectivity index (χ0n) is 15.6. The number of urea groups is 1. The van der Waals surface area contributed by atoms with E-state index in [9.17, 15) is 14.4 Å². The largest absolute Gasteiger partial charge is 0.343 e. The van der Waals surface area contributed by atoms with E-state index in [2.05, 4.69) is 15.3 Å². The molecule has 1 fully saturated rings. The molecule has 2 aliphatic rings. The molecule has 1 aromatic carbocycles. The maximum atomic E-state index is 12.2. The van der Waals surface area contributed by atoms with Gasteiger partial charge in [-0.15, -0.1) is 0 Å². The molecular weight excluding hydrogens is 392 g/mol. The number of halogens is 1. The van der Waals surface area contributed by atoms with Crippen LogP contribution in [0.5, 0.6) is 0 Å². The number of nitrogens with zero attached hydrogens (tertiary/aromatic N) is 3. The normalized spacial score (nSPS) is 19.4.